The average molecular weight is 321 g/mol. The van der Waals surface area contributed by atoms with Gasteiger partial charge in [-0.15, -0.1) is 0 Å². The fourth-order valence-electron chi connectivity index (χ4n) is 1.49. The Hall–Kier alpha value is -1.02. The summed E-state index contributed by atoms with van der Waals surface area (Å²) >= 11 is 6.51. The van der Waals surface area contributed by atoms with Gasteiger partial charge in [0.1, 0.15) is 5.82 Å². The first-order valence-electron chi connectivity index (χ1n) is 5.22. The van der Waals surface area contributed by atoms with Crippen LogP contribution in [0.4, 0.5) is 4.39 Å². The lowest BCUT2D eigenvalue weighted by molar-refractivity contribution is 0.467. The summed E-state index contributed by atoms with van der Waals surface area (Å²) in [4.78, 5) is 3.70. The molecule has 0 aliphatic rings. The molecule has 0 unspecified atom stereocenters. The minimum absolute atomic E-state index is 0.0661. The summed E-state index contributed by atoms with van der Waals surface area (Å²) in [5.41, 5.74) is 0.571. The van der Waals surface area contributed by atoms with Crippen LogP contribution in [0.25, 0.3) is 0 Å². The fourth-order valence-corrected chi connectivity index (χ4v) is 4.15. The zero-order valence-corrected chi connectivity index (χ0v) is 12.3. The van der Waals surface area contributed by atoms with E-state index < -0.39 is 15.8 Å². The molecule has 0 aliphatic heterocycles. The van der Waals surface area contributed by atoms with Crippen molar-refractivity contribution in [1.29, 1.82) is 0 Å². The van der Waals surface area contributed by atoms with Gasteiger partial charge >= 0.3 is 0 Å². The zero-order chi connectivity index (χ0) is 14.0. The largest absolute Gasteiger partial charge is 0.254 e. The second kappa shape index (κ2) is 5.54. The molecule has 102 valence electrons. The quantitative estimate of drug-likeness (QED) is 0.870. The van der Waals surface area contributed by atoms with Crippen molar-refractivity contribution in [3.8, 4) is 0 Å². The lowest BCUT2D eigenvalue weighted by Gasteiger charge is -2.15. The van der Waals surface area contributed by atoms with Gasteiger partial charge < -0.3 is 0 Å². The molecule has 0 amide bonds. The molecule has 0 spiro atoms. The first-order chi connectivity index (χ1) is 8.89. The maximum Gasteiger partial charge on any atom is 0.254 e. The van der Waals surface area contributed by atoms with Gasteiger partial charge in [-0.3, -0.25) is 0 Å². The van der Waals surface area contributed by atoms with Gasteiger partial charge in [0.25, 0.3) is 10.0 Å². The summed E-state index contributed by atoms with van der Waals surface area (Å²) in [6, 6.07) is 5.80. The highest BCUT2D eigenvalue weighted by molar-refractivity contribution is 7.91. The molecule has 19 heavy (non-hydrogen) atoms. The van der Waals surface area contributed by atoms with Crippen LogP contribution in [0.2, 0.25) is 4.47 Å². The lowest BCUT2D eigenvalue weighted by atomic mass is 10.2. The van der Waals surface area contributed by atoms with E-state index in [4.69, 9.17) is 11.6 Å². The Labute approximate surface area is 119 Å². The van der Waals surface area contributed by atoms with E-state index in [1.807, 2.05) is 0 Å². The first-order valence-corrected chi connectivity index (χ1v) is 7.85. The van der Waals surface area contributed by atoms with Gasteiger partial charge in [0.05, 0.1) is 6.20 Å². The molecule has 0 bridgehead atoms. The number of benzene rings is 1. The smallest absolute Gasteiger partial charge is 0.232 e. The number of hydrogen-bond donors (Lipinski definition) is 0. The topological polar surface area (TPSA) is 50.3 Å². The molecule has 0 N–H and O–H groups in total. The second-order valence-electron chi connectivity index (χ2n) is 3.82. The molecule has 0 aliphatic carbocycles. The van der Waals surface area contributed by atoms with E-state index >= 15 is 0 Å². The SMILES string of the molecule is CN(Cc1cccc(F)c1)S(=O)(=O)c1cnc(Cl)s1. The fraction of sp³-hybridized carbons (Fsp3) is 0.182. The molecule has 0 saturated heterocycles. The highest BCUT2D eigenvalue weighted by Crippen LogP contribution is 2.25. The summed E-state index contributed by atoms with van der Waals surface area (Å²) in [7, 11) is -2.22. The van der Waals surface area contributed by atoms with Crippen LogP contribution in [-0.2, 0) is 16.6 Å². The van der Waals surface area contributed by atoms with Crippen molar-refractivity contribution in [2.24, 2.45) is 0 Å². The van der Waals surface area contributed by atoms with Crippen LogP contribution >= 0.6 is 22.9 Å². The van der Waals surface area contributed by atoms with Crippen molar-refractivity contribution in [3.63, 3.8) is 0 Å². The van der Waals surface area contributed by atoms with E-state index in [1.54, 1.807) is 6.07 Å². The third kappa shape index (κ3) is 3.30. The van der Waals surface area contributed by atoms with Gasteiger partial charge in [-0.05, 0) is 17.7 Å². The molecule has 0 saturated carbocycles. The standard InChI is InChI=1S/C11H10ClFN2O2S2/c1-15(7-8-3-2-4-9(13)5-8)19(16,17)10-6-14-11(12)18-10/h2-6H,7H2,1H3. The summed E-state index contributed by atoms with van der Waals surface area (Å²) in [5, 5.41) is 0. The Morgan fingerprint density at radius 2 is 2.21 bits per heavy atom. The lowest BCUT2D eigenvalue weighted by Crippen LogP contribution is -2.25. The van der Waals surface area contributed by atoms with Crippen molar-refractivity contribution in [1.82, 2.24) is 9.29 Å². The molecule has 1 aromatic heterocycles. The molecule has 1 aromatic carbocycles. The maximum absolute atomic E-state index is 13.0. The van der Waals surface area contributed by atoms with E-state index in [-0.39, 0.29) is 15.2 Å². The molecular formula is C11H10ClFN2O2S2. The summed E-state index contributed by atoms with van der Waals surface area (Å²) in [5.74, 6) is -0.399. The number of aromatic nitrogens is 1. The highest BCUT2D eigenvalue weighted by atomic mass is 35.5. The Bertz CT molecular complexity index is 688. The van der Waals surface area contributed by atoms with Crippen molar-refractivity contribution in [2.45, 2.75) is 10.8 Å². The number of thiazole rings is 1. The average Bonchev–Trinajstić information content (AvgIpc) is 2.76. The van der Waals surface area contributed by atoms with Crippen molar-refractivity contribution >= 4 is 33.0 Å². The van der Waals surface area contributed by atoms with Gasteiger partial charge in [-0.1, -0.05) is 35.1 Å². The summed E-state index contributed by atoms with van der Waals surface area (Å²) in [6.45, 7) is 0.0790. The Balaban J connectivity index is 2.22. The van der Waals surface area contributed by atoms with E-state index in [2.05, 4.69) is 4.98 Å². The molecule has 0 radical (unpaired) electrons. The van der Waals surface area contributed by atoms with Gasteiger partial charge in [0.15, 0.2) is 8.68 Å². The van der Waals surface area contributed by atoms with Crippen LogP contribution in [0.3, 0.4) is 0 Å². The number of halogens is 2. The van der Waals surface area contributed by atoms with Crippen LogP contribution < -0.4 is 0 Å². The number of hydrogen-bond acceptors (Lipinski definition) is 4. The monoisotopic (exact) mass is 320 g/mol. The molecule has 1 heterocycles. The highest BCUT2D eigenvalue weighted by Gasteiger charge is 2.23. The molecular weight excluding hydrogens is 311 g/mol. The zero-order valence-electron chi connectivity index (χ0n) is 9.88. The second-order valence-corrected chi connectivity index (χ2v) is 7.71. The molecule has 2 rings (SSSR count). The third-order valence-corrected chi connectivity index (χ3v) is 5.77. The van der Waals surface area contributed by atoms with Gasteiger partial charge in [-0.25, -0.2) is 17.8 Å². The van der Waals surface area contributed by atoms with Crippen molar-refractivity contribution in [2.75, 3.05) is 7.05 Å². The van der Waals surface area contributed by atoms with E-state index in [9.17, 15) is 12.8 Å². The summed E-state index contributed by atoms with van der Waals surface area (Å²) in [6.07, 6.45) is 1.21. The Morgan fingerprint density at radius 3 is 2.79 bits per heavy atom. The minimum atomic E-state index is -3.65. The molecule has 4 nitrogen and oxygen atoms in total. The molecule has 8 heteroatoms. The predicted octanol–water partition coefficient (Wildman–Crippen LogP) is 2.76. The predicted molar refractivity (Wildman–Crippen MR) is 72.2 cm³/mol. The number of nitrogens with zero attached hydrogens (tertiary/aromatic N) is 2. The Kier molecular flexibility index (Phi) is 4.19. The van der Waals surface area contributed by atoms with Crippen LogP contribution in [0.5, 0.6) is 0 Å². The van der Waals surface area contributed by atoms with Crippen LogP contribution in [0.1, 0.15) is 5.56 Å². The van der Waals surface area contributed by atoms with Gasteiger partial charge in [0.2, 0.25) is 0 Å². The maximum atomic E-state index is 13.0. The van der Waals surface area contributed by atoms with E-state index in [0.29, 0.717) is 5.56 Å². The van der Waals surface area contributed by atoms with Crippen LogP contribution in [0.15, 0.2) is 34.7 Å². The number of sulfonamides is 1. The van der Waals surface area contributed by atoms with Gasteiger partial charge in [0, 0.05) is 13.6 Å². The number of rotatable bonds is 4. The van der Waals surface area contributed by atoms with Crippen LogP contribution in [-0.4, -0.2) is 24.8 Å². The summed E-state index contributed by atoms with van der Waals surface area (Å²) < 4.78 is 38.8. The third-order valence-electron chi connectivity index (χ3n) is 2.42. The normalized spacial score (nSPS) is 12.0. The van der Waals surface area contributed by atoms with Crippen LogP contribution in [0, 0.1) is 5.82 Å². The van der Waals surface area contributed by atoms with E-state index in [0.717, 1.165) is 15.6 Å². The molecule has 0 atom stereocenters. The minimum Gasteiger partial charge on any atom is -0.232 e. The first kappa shape index (κ1) is 14.4. The van der Waals surface area contributed by atoms with Crippen molar-refractivity contribution in [3.05, 3.63) is 46.3 Å². The molecule has 2 aromatic rings. The molecule has 0 fully saturated rings. The van der Waals surface area contributed by atoms with Gasteiger partial charge in [-0.2, -0.15) is 4.31 Å². The van der Waals surface area contributed by atoms with Crippen molar-refractivity contribution < 1.29 is 12.8 Å². The Morgan fingerprint density at radius 1 is 1.47 bits per heavy atom. The van der Waals surface area contributed by atoms with E-state index in [1.165, 1.54) is 31.4 Å².